The maximum Gasteiger partial charge on any atom is 0.220 e. The van der Waals surface area contributed by atoms with Crippen molar-refractivity contribution in [1.29, 1.82) is 0 Å². The van der Waals surface area contributed by atoms with Gasteiger partial charge in [-0.25, -0.2) is 0 Å². The van der Waals surface area contributed by atoms with Gasteiger partial charge in [-0.15, -0.1) is 11.3 Å². The molecule has 0 spiro atoms. The lowest BCUT2D eigenvalue weighted by molar-refractivity contribution is -0.121. The molecule has 1 aromatic heterocycles. The van der Waals surface area contributed by atoms with Gasteiger partial charge >= 0.3 is 0 Å². The first-order chi connectivity index (χ1) is 7.75. The van der Waals surface area contributed by atoms with E-state index in [1.54, 1.807) is 11.3 Å². The lowest BCUT2D eigenvalue weighted by Gasteiger charge is -2.08. The minimum Gasteiger partial charge on any atom is -0.351 e. The summed E-state index contributed by atoms with van der Waals surface area (Å²) >= 11 is 1.71. The third-order valence-electron chi connectivity index (χ3n) is 2.97. The van der Waals surface area contributed by atoms with Gasteiger partial charge in [0.05, 0.1) is 6.54 Å². The van der Waals surface area contributed by atoms with E-state index in [1.807, 2.05) is 0 Å². The molecular weight excluding hydrogens is 218 g/mol. The Kier molecular flexibility index (Phi) is 3.78. The predicted octanol–water partition coefficient (Wildman–Crippen LogP) is 3.03. The zero-order chi connectivity index (χ0) is 11.4. The molecule has 1 N–H and O–H groups in total. The average molecular weight is 235 g/mol. The van der Waals surface area contributed by atoms with Crippen LogP contribution in [0, 0.1) is 12.8 Å². The fraction of sp³-hybridized carbons (Fsp3) is 0.462. The first kappa shape index (κ1) is 11.4. The fourth-order valence-corrected chi connectivity index (χ4v) is 2.79. The van der Waals surface area contributed by atoms with E-state index in [-0.39, 0.29) is 5.91 Å². The number of amides is 1. The second-order valence-electron chi connectivity index (χ2n) is 4.27. The molecule has 1 heterocycles. The van der Waals surface area contributed by atoms with Crippen LogP contribution in [0.2, 0.25) is 0 Å². The van der Waals surface area contributed by atoms with E-state index in [9.17, 15) is 4.79 Å². The smallest absolute Gasteiger partial charge is 0.220 e. The molecular formula is C13H17NOS. The van der Waals surface area contributed by atoms with Gasteiger partial charge in [0, 0.05) is 11.3 Å². The Balaban J connectivity index is 1.75. The van der Waals surface area contributed by atoms with Crippen molar-refractivity contribution in [1.82, 2.24) is 5.32 Å². The van der Waals surface area contributed by atoms with E-state index in [1.165, 1.54) is 10.4 Å². The lowest BCUT2D eigenvalue weighted by Crippen LogP contribution is -2.24. The summed E-state index contributed by atoms with van der Waals surface area (Å²) in [4.78, 5) is 12.9. The van der Waals surface area contributed by atoms with E-state index in [4.69, 9.17) is 0 Å². The molecule has 0 unspecified atom stereocenters. The van der Waals surface area contributed by atoms with Gasteiger partial charge in [0.25, 0.3) is 0 Å². The van der Waals surface area contributed by atoms with Gasteiger partial charge in [-0.3, -0.25) is 4.79 Å². The van der Waals surface area contributed by atoms with Gasteiger partial charge in [-0.2, -0.15) is 0 Å². The summed E-state index contributed by atoms with van der Waals surface area (Å²) < 4.78 is 0. The molecule has 0 aliphatic heterocycles. The molecule has 2 rings (SSSR count). The van der Waals surface area contributed by atoms with Crippen molar-refractivity contribution in [2.75, 3.05) is 0 Å². The number of allylic oxidation sites excluding steroid dienone is 2. The highest BCUT2D eigenvalue weighted by Crippen LogP contribution is 2.20. The van der Waals surface area contributed by atoms with Crippen molar-refractivity contribution < 1.29 is 4.79 Å². The van der Waals surface area contributed by atoms with Crippen LogP contribution in [0.15, 0.2) is 23.6 Å². The van der Waals surface area contributed by atoms with Crippen molar-refractivity contribution in [3.63, 3.8) is 0 Å². The molecule has 3 heteroatoms. The van der Waals surface area contributed by atoms with E-state index in [0.717, 1.165) is 12.8 Å². The topological polar surface area (TPSA) is 29.1 Å². The number of thiophene rings is 1. The standard InChI is InChI=1S/C13H17NOS/c1-10-6-7-16-12(10)9-14-13(15)8-11-4-2-3-5-11/h2,4,6-7,11H,3,5,8-9H2,1H3,(H,14,15)/t11-/m1/s1. The Morgan fingerprint density at radius 2 is 2.50 bits per heavy atom. The van der Waals surface area contributed by atoms with Gasteiger partial charge in [0.1, 0.15) is 0 Å². The van der Waals surface area contributed by atoms with E-state index < -0.39 is 0 Å². The summed E-state index contributed by atoms with van der Waals surface area (Å²) in [5.74, 6) is 0.633. The Labute approximate surface area is 100 Å². The summed E-state index contributed by atoms with van der Waals surface area (Å²) in [7, 11) is 0. The van der Waals surface area contributed by atoms with Crippen molar-refractivity contribution in [2.45, 2.75) is 32.7 Å². The van der Waals surface area contributed by atoms with Gasteiger partial charge in [-0.1, -0.05) is 12.2 Å². The van der Waals surface area contributed by atoms with Crippen molar-refractivity contribution >= 4 is 17.2 Å². The summed E-state index contributed by atoms with van der Waals surface area (Å²) in [6.45, 7) is 2.76. The summed E-state index contributed by atoms with van der Waals surface area (Å²) in [6.07, 6.45) is 7.23. The van der Waals surface area contributed by atoms with E-state index >= 15 is 0 Å². The number of hydrogen-bond donors (Lipinski definition) is 1. The zero-order valence-corrected chi connectivity index (χ0v) is 10.3. The van der Waals surface area contributed by atoms with Crippen LogP contribution in [-0.4, -0.2) is 5.91 Å². The number of hydrogen-bond acceptors (Lipinski definition) is 2. The van der Waals surface area contributed by atoms with Crippen LogP contribution in [0.25, 0.3) is 0 Å². The monoisotopic (exact) mass is 235 g/mol. The Hall–Kier alpha value is -1.09. The molecule has 1 aliphatic carbocycles. The lowest BCUT2D eigenvalue weighted by atomic mass is 10.1. The first-order valence-electron chi connectivity index (χ1n) is 5.72. The molecule has 0 radical (unpaired) electrons. The van der Waals surface area contributed by atoms with Crippen LogP contribution >= 0.6 is 11.3 Å². The number of carbonyl (C=O) groups is 1. The molecule has 0 aromatic carbocycles. The Bertz CT molecular complexity index is 394. The minimum atomic E-state index is 0.171. The molecule has 2 nitrogen and oxygen atoms in total. The van der Waals surface area contributed by atoms with Crippen molar-refractivity contribution in [3.05, 3.63) is 34.0 Å². The van der Waals surface area contributed by atoms with Gasteiger partial charge in [0.15, 0.2) is 0 Å². The molecule has 16 heavy (non-hydrogen) atoms. The van der Waals surface area contributed by atoms with E-state index in [0.29, 0.717) is 18.9 Å². The first-order valence-corrected chi connectivity index (χ1v) is 6.60. The number of aryl methyl sites for hydroxylation is 1. The number of nitrogens with one attached hydrogen (secondary N) is 1. The second kappa shape index (κ2) is 5.30. The fourth-order valence-electron chi connectivity index (χ4n) is 1.94. The Morgan fingerprint density at radius 3 is 3.12 bits per heavy atom. The van der Waals surface area contributed by atoms with Crippen LogP contribution in [0.1, 0.15) is 29.7 Å². The summed E-state index contributed by atoms with van der Waals surface area (Å²) in [5.41, 5.74) is 1.27. The maximum absolute atomic E-state index is 11.7. The molecule has 1 aromatic rings. The SMILES string of the molecule is Cc1ccsc1CNC(=O)C[C@@H]1C=CCC1. The third-order valence-corrected chi connectivity index (χ3v) is 4.00. The average Bonchev–Trinajstić information content (AvgIpc) is 2.87. The second-order valence-corrected chi connectivity index (χ2v) is 5.27. The highest BCUT2D eigenvalue weighted by Gasteiger charge is 2.13. The molecule has 0 saturated carbocycles. The van der Waals surface area contributed by atoms with Crippen LogP contribution in [0.5, 0.6) is 0 Å². The van der Waals surface area contributed by atoms with Crippen molar-refractivity contribution in [2.24, 2.45) is 5.92 Å². The summed E-state index contributed by atoms with van der Waals surface area (Å²) in [5, 5.41) is 5.06. The highest BCUT2D eigenvalue weighted by molar-refractivity contribution is 7.10. The predicted molar refractivity (Wildman–Crippen MR) is 67.4 cm³/mol. The summed E-state index contributed by atoms with van der Waals surface area (Å²) in [6, 6.07) is 2.09. The van der Waals surface area contributed by atoms with Gasteiger partial charge in [-0.05, 0) is 42.7 Å². The van der Waals surface area contributed by atoms with Crippen LogP contribution in [0.3, 0.4) is 0 Å². The van der Waals surface area contributed by atoms with Crippen LogP contribution in [-0.2, 0) is 11.3 Å². The molecule has 0 fully saturated rings. The molecule has 1 atom stereocenters. The van der Waals surface area contributed by atoms with Crippen molar-refractivity contribution in [3.8, 4) is 0 Å². The highest BCUT2D eigenvalue weighted by atomic mass is 32.1. The molecule has 1 aliphatic rings. The number of rotatable bonds is 4. The Morgan fingerprint density at radius 1 is 1.62 bits per heavy atom. The largest absolute Gasteiger partial charge is 0.351 e. The maximum atomic E-state index is 11.7. The van der Waals surface area contributed by atoms with Crippen LogP contribution < -0.4 is 5.32 Å². The molecule has 86 valence electrons. The van der Waals surface area contributed by atoms with Crippen LogP contribution in [0.4, 0.5) is 0 Å². The molecule has 0 bridgehead atoms. The van der Waals surface area contributed by atoms with Gasteiger partial charge in [0.2, 0.25) is 5.91 Å². The molecule has 1 amide bonds. The van der Waals surface area contributed by atoms with Gasteiger partial charge < -0.3 is 5.32 Å². The molecule has 0 saturated heterocycles. The third kappa shape index (κ3) is 2.95. The normalized spacial score (nSPS) is 18.9. The number of carbonyl (C=O) groups excluding carboxylic acids is 1. The quantitative estimate of drug-likeness (QED) is 0.799. The minimum absolute atomic E-state index is 0.171. The van der Waals surface area contributed by atoms with E-state index in [2.05, 4.69) is 35.8 Å². The zero-order valence-electron chi connectivity index (χ0n) is 9.53.